The molecule has 0 spiro atoms. The number of carboxylic acid groups (broad SMARTS) is 1. The van der Waals surface area contributed by atoms with Gasteiger partial charge in [0.1, 0.15) is 6.54 Å². The van der Waals surface area contributed by atoms with Crippen molar-refractivity contribution in [2.75, 3.05) is 24.5 Å². The van der Waals surface area contributed by atoms with Gasteiger partial charge in [-0.05, 0) is 42.0 Å². The molecule has 0 saturated heterocycles. The third-order valence-corrected chi connectivity index (χ3v) is 7.08. The summed E-state index contributed by atoms with van der Waals surface area (Å²) < 4.78 is 0. The van der Waals surface area contributed by atoms with Gasteiger partial charge in [-0.15, -0.1) is 0 Å². The molecule has 3 aromatic carbocycles. The first-order valence-electron chi connectivity index (χ1n) is 13.2. The Kier molecular flexibility index (Phi) is 7.96. The summed E-state index contributed by atoms with van der Waals surface area (Å²) in [4.78, 5) is 38.5. The Labute approximate surface area is 228 Å². The number of hydrogen-bond acceptors (Lipinski definition) is 5. The van der Waals surface area contributed by atoms with Crippen LogP contribution in [0.15, 0.2) is 85.1 Å². The number of aryl methyl sites for hydroxylation is 1. The minimum absolute atomic E-state index is 0.281. The van der Waals surface area contributed by atoms with Gasteiger partial charge in [-0.3, -0.25) is 9.59 Å². The van der Waals surface area contributed by atoms with E-state index in [1.54, 1.807) is 6.20 Å². The number of fused-ring (bicyclic) bond motifs is 1. The Balaban J connectivity index is 1.46. The molecule has 2 heterocycles. The van der Waals surface area contributed by atoms with Crippen LogP contribution in [0.25, 0.3) is 0 Å². The first-order chi connectivity index (χ1) is 19.0. The molecule has 0 atom stereocenters. The lowest BCUT2D eigenvalue weighted by Gasteiger charge is -2.29. The molecule has 7 heteroatoms. The maximum absolute atomic E-state index is 13.8. The molecule has 4 aromatic rings. The summed E-state index contributed by atoms with van der Waals surface area (Å²) in [5, 5.41) is 9.57. The molecule has 0 unspecified atom stereocenters. The number of hydrogen-bond donors (Lipinski definition) is 1. The first kappa shape index (κ1) is 26.1. The van der Waals surface area contributed by atoms with Crippen LogP contribution in [-0.4, -0.2) is 51.5 Å². The number of carboxylic acids is 1. The molecular weight excluding hydrogens is 488 g/mol. The van der Waals surface area contributed by atoms with Gasteiger partial charge < -0.3 is 14.9 Å². The summed E-state index contributed by atoms with van der Waals surface area (Å²) in [5.41, 5.74) is 6.73. The van der Waals surface area contributed by atoms with E-state index >= 15 is 0 Å². The van der Waals surface area contributed by atoms with Crippen LogP contribution in [0.4, 0.5) is 5.95 Å². The van der Waals surface area contributed by atoms with Crippen molar-refractivity contribution < 1.29 is 14.7 Å². The van der Waals surface area contributed by atoms with Crippen LogP contribution in [0.3, 0.4) is 0 Å². The maximum atomic E-state index is 13.8. The van der Waals surface area contributed by atoms with Crippen molar-refractivity contribution in [2.24, 2.45) is 0 Å². The van der Waals surface area contributed by atoms with Crippen molar-refractivity contribution in [3.05, 3.63) is 124 Å². The topological polar surface area (TPSA) is 86.6 Å². The molecule has 1 aliphatic heterocycles. The molecule has 1 amide bonds. The average Bonchev–Trinajstić information content (AvgIpc) is 2.95. The zero-order valence-electron chi connectivity index (χ0n) is 22.1. The second kappa shape index (κ2) is 11.9. The standard InChI is InChI=1S/C32H32N4O3/c1-23-8-7-11-25(18-23)19-29-28(31(39)35(22-30(37)38)16-14-24-9-3-2-4-10-24)20-33-32(34-29)36-17-15-26-12-5-6-13-27(26)21-36/h2-13,18,20H,14-17,19,21-22H2,1H3,(H,37,38). The van der Waals surface area contributed by atoms with Crippen LogP contribution in [0, 0.1) is 6.92 Å². The first-order valence-corrected chi connectivity index (χ1v) is 13.2. The fraction of sp³-hybridized carbons (Fsp3) is 0.250. The number of aromatic nitrogens is 2. The number of anilines is 1. The van der Waals surface area contributed by atoms with Crippen molar-refractivity contribution in [1.82, 2.24) is 14.9 Å². The van der Waals surface area contributed by atoms with E-state index in [-0.39, 0.29) is 19.0 Å². The molecule has 1 aliphatic rings. The minimum atomic E-state index is -1.05. The van der Waals surface area contributed by atoms with E-state index in [9.17, 15) is 14.7 Å². The van der Waals surface area contributed by atoms with Gasteiger partial charge in [-0.1, -0.05) is 84.4 Å². The van der Waals surface area contributed by atoms with Crippen molar-refractivity contribution in [1.29, 1.82) is 0 Å². The monoisotopic (exact) mass is 520 g/mol. The minimum Gasteiger partial charge on any atom is -0.480 e. The van der Waals surface area contributed by atoms with Crippen molar-refractivity contribution >= 4 is 17.8 Å². The van der Waals surface area contributed by atoms with E-state index in [0.29, 0.717) is 36.6 Å². The predicted octanol–water partition coefficient (Wildman–Crippen LogP) is 4.71. The number of amides is 1. The van der Waals surface area contributed by atoms with E-state index in [1.165, 1.54) is 16.0 Å². The smallest absolute Gasteiger partial charge is 0.323 e. The van der Waals surface area contributed by atoms with E-state index in [4.69, 9.17) is 4.98 Å². The van der Waals surface area contributed by atoms with Crippen LogP contribution in [0.1, 0.15) is 43.9 Å². The summed E-state index contributed by atoms with van der Waals surface area (Å²) >= 11 is 0. The van der Waals surface area contributed by atoms with E-state index < -0.39 is 5.97 Å². The number of carbonyl (C=O) groups excluding carboxylic acids is 1. The third kappa shape index (κ3) is 6.49. The third-order valence-electron chi connectivity index (χ3n) is 7.08. The number of carbonyl (C=O) groups is 2. The summed E-state index contributed by atoms with van der Waals surface area (Å²) in [7, 11) is 0. The highest BCUT2D eigenvalue weighted by Gasteiger charge is 2.25. The number of rotatable bonds is 9. The van der Waals surface area contributed by atoms with Gasteiger partial charge in [0.05, 0.1) is 11.3 Å². The van der Waals surface area contributed by atoms with Gasteiger partial charge in [0.25, 0.3) is 5.91 Å². The van der Waals surface area contributed by atoms with Gasteiger partial charge in [0.15, 0.2) is 0 Å². The van der Waals surface area contributed by atoms with Crippen LogP contribution in [0.2, 0.25) is 0 Å². The Morgan fingerprint density at radius 3 is 2.46 bits per heavy atom. The van der Waals surface area contributed by atoms with E-state index in [2.05, 4.69) is 34.1 Å². The summed E-state index contributed by atoms with van der Waals surface area (Å²) in [5.74, 6) is -0.842. The van der Waals surface area contributed by atoms with Crippen molar-refractivity contribution in [2.45, 2.75) is 32.7 Å². The number of aliphatic carboxylic acids is 1. The molecule has 0 fully saturated rings. The highest BCUT2D eigenvalue weighted by atomic mass is 16.4. The molecule has 1 N–H and O–H groups in total. The van der Waals surface area contributed by atoms with Gasteiger partial charge >= 0.3 is 5.97 Å². The van der Waals surface area contributed by atoms with Gasteiger partial charge in [-0.2, -0.15) is 0 Å². The molecule has 39 heavy (non-hydrogen) atoms. The second-order valence-electron chi connectivity index (χ2n) is 9.99. The molecule has 1 aromatic heterocycles. The summed E-state index contributed by atoms with van der Waals surface area (Å²) in [6.45, 7) is 3.42. The zero-order valence-corrected chi connectivity index (χ0v) is 22.1. The van der Waals surface area contributed by atoms with Gasteiger partial charge in [0.2, 0.25) is 5.95 Å². The molecule has 0 radical (unpaired) electrons. The largest absolute Gasteiger partial charge is 0.480 e. The normalized spacial score (nSPS) is 12.6. The Bertz CT molecular complexity index is 1470. The Morgan fingerprint density at radius 2 is 1.69 bits per heavy atom. The quantitative estimate of drug-likeness (QED) is 0.344. The molecule has 0 aliphatic carbocycles. The predicted molar refractivity (Wildman–Crippen MR) is 151 cm³/mol. The lowest BCUT2D eigenvalue weighted by Crippen LogP contribution is -2.38. The fourth-order valence-corrected chi connectivity index (χ4v) is 5.05. The molecule has 5 rings (SSSR count). The lowest BCUT2D eigenvalue weighted by molar-refractivity contribution is -0.137. The molecule has 0 saturated carbocycles. The second-order valence-corrected chi connectivity index (χ2v) is 9.99. The maximum Gasteiger partial charge on any atom is 0.323 e. The van der Waals surface area contributed by atoms with Gasteiger partial charge in [-0.25, -0.2) is 9.97 Å². The summed E-state index contributed by atoms with van der Waals surface area (Å²) in [6.07, 6.45) is 3.48. The average molecular weight is 521 g/mol. The van der Waals surface area contributed by atoms with Crippen LogP contribution in [-0.2, 0) is 30.6 Å². The van der Waals surface area contributed by atoms with Crippen LogP contribution >= 0.6 is 0 Å². The number of benzene rings is 3. The van der Waals surface area contributed by atoms with Crippen molar-refractivity contribution in [3.8, 4) is 0 Å². The van der Waals surface area contributed by atoms with Gasteiger partial charge in [0, 0.05) is 32.3 Å². The molecule has 0 bridgehead atoms. The SMILES string of the molecule is Cc1cccc(Cc2nc(N3CCc4ccccc4C3)ncc2C(=O)N(CCc2ccccc2)CC(=O)O)c1. The zero-order chi connectivity index (χ0) is 27.2. The van der Waals surface area contributed by atoms with E-state index in [1.807, 2.05) is 61.5 Å². The van der Waals surface area contributed by atoms with Crippen molar-refractivity contribution in [3.63, 3.8) is 0 Å². The molecular formula is C32H32N4O3. The fourth-order valence-electron chi connectivity index (χ4n) is 5.05. The lowest BCUT2D eigenvalue weighted by atomic mass is 10.00. The Morgan fingerprint density at radius 1 is 0.949 bits per heavy atom. The highest BCUT2D eigenvalue weighted by Crippen LogP contribution is 2.24. The molecule has 7 nitrogen and oxygen atoms in total. The Hall–Kier alpha value is -4.52. The van der Waals surface area contributed by atoms with E-state index in [0.717, 1.165) is 29.7 Å². The summed E-state index contributed by atoms with van der Waals surface area (Å²) in [6, 6.07) is 26.3. The number of nitrogens with zero attached hydrogens (tertiary/aromatic N) is 4. The van der Waals surface area contributed by atoms with Crippen LogP contribution < -0.4 is 4.90 Å². The highest BCUT2D eigenvalue weighted by molar-refractivity contribution is 5.96. The van der Waals surface area contributed by atoms with Crippen LogP contribution in [0.5, 0.6) is 0 Å². The molecule has 198 valence electrons.